The van der Waals surface area contributed by atoms with Gasteiger partial charge >= 0.3 is 0 Å². The third-order valence-electron chi connectivity index (χ3n) is 4.78. The van der Waals surface area contributed by atoms with E-state index < -0.39 is 11.7 Å². The molecule has 1 aromatic heterocycles. The standard InChI is InChI=1S/C22H23FN4O2/c1-15-19(16(2)27(25-15)17-9-5-4-6-10-17)14-26(3)21(28)13-24-22(29)18-11-7-8-12-20(18)23/h4-12H,13-14H2,1-3H3,(H,24,29). The highest BCUT2D eigenvalue weighted by Gasteiger charge is 2.18. The minimum atomic E-state index is -0.620. The number of hydrogen-bond donors (Lipinski definition) is 1. The van der Waals surface area contributed by atoms with E-state index in [0.717, 1.165) is 22.6 Å². The number of hydrogen-bond acceptors (Lipinski definition) is 3. The summed E-state index contributed by atoms with van der Waals surface area (Å²) < 4.78 is 15.5. The molecule has 7 heteroatoms. The zero-order valence-corrected chi connectivity index (χ0v) is 16.6. The highest BCUT2D eigenvalue weighted by molar-refractivity contribution is 5.96. The topological polar surface area (TPSA) is 67.2 Å². The summed E-state index contributed by atoms with van der Waals surface area (Å²) in [5.41, 5.74) is 3.60. The number of para-hydroxylation sites is 1. The van der Waals surface area contributed by atoms with Crippen molar-refractivity contribution in [2.75, 3.05) is 13.6 Å². The molecular formula is C22H23FN4O2. The lowest BCUT2D eigenvalue weighted by Crippen LogP contribution is -2.38. The number of likely N-dealkylation sites (N-methyl/N-ethyl adjacent to an activating group) is 1. The molecule has 0 unspecified atom stereocenters. The van der Waals surface area contributed by atoms with E-state index in [9.17, 15) is 14.0 Å². The lowest BCUT2D eigenvalue weighted by molar-refractivity contribution is -0.129. The van der Waals surface area contributed by atoms with Gasteiger partial charge in [0, 0.05) is 24.8 Å². The number of aryl methyl sites for hydroxylation is 1. The molecule has 0 bridgehead atoms. The minimum absolute atomic E-state index is 0.0845. The molecule has 0 aliphatic rings. The fraction of sp³-hybridized carbons (Fsp3) is 0.227. The molecule has 0 spiro atoms. The monoisotopic (exact) mass is 394 g/mol. The number of nitrogens with one attached hydrogen (secondary N) is 1. The van der Waals surface area contributed by atoms with Crippen molar-refractivity contribution in [2.24, 2.45) is 0 Å². The number of benzene rings is 2. The Labute approximate surface area is 169 Å². The van der Waals surface area contributed by atoms with E-state index in [1.165, 1.54) is 23.1 Å². The number of halogens is 1. The van der Waals surface area contributed by atoms with Crippen molar-refractivity contribution in [3.63, 3.8) is 0 Å². The molecule has 2 aromatic carbocycles. The predicted molar refractivity (Wildman–Crippen MR) is 108 cm³/mol. The van der Waals surface area contributed by atoms with Crippen molar-refractivity contribution in [1.29, 1.82) is 0 Å². The van der Waals surface area contributed by atoms with Gasteiger partial charge in [-0.1, -0.05) is 30.3 Å². The number of rotatable bonds is 6. The molecule has 0 saturated heterocycles. The Balaban J connectivity index is 1.65. The molecule has 0 fully saturated rings. The van der Waals surface area contributed by atoms with E-state index in [-0.39, 0.29) is 18.0 Å². The molecule has 3 rings (SSSR count). The van der Waals surface area contributed by atoms with Gasteiger partial charge in [0.2, 0.25) is 5.91 Å². The molecule has 6 nitrogen and oxygen atoms in total. The van der Waals surface area contributed by atoms with Crippen LogP contribution < -0.4 is 5.32 Å². The van der Waals surface area contributed by atoms with Gasteiger partial charge in [0.05, 0.1) is 23.5 Å². The van der Waals surface area contributed by atoms with Crippen LogP contribution in [0.4, 0.5) is 4.39 Å². The second-order valence-electron chi connectivity index (χ2n) is 6.81. The van der Waals surface area contributed by atoms with Gasteiger partial charge in [-0.3, -0.25) is 9.59 Å². The first-order valence-corrected chi connectivity index (χ1v) is 9.25. The average Bonchev–Trinajstić information content (AvgIpc) is 3.01. The lowest BCUT2D eigenvalue weighted by atomic mass is 10.2. The molecule has 150 valence electrons. The average molecular weight is 394 g/mol. The van der Waals surface area contributed by atoms with Crippen LogP contribution in [-0.4, -0.2) is 40.1 Å². The van der Waals surface area contributed by atoms with Crippen molar-refractivity contribution in [3.8, 4) is 5.69 Å². The number of amides is 2. The molecule has 2 amide bonds. The van der Waals surface area contributed by atoms with Crippen molar-refractivity contribution >= 4 is 11.8 Å². The molecule has 29 heavy (non-hydrogen) atoms. The molecule has 1 heterocycles. The van der Waals surface area contributed by atoms with Crippen molar-refractivity contribution in [2.45, 2.75) is 20.4 Å². The normalized spacial score (nSPS) is 10.6. The van der Waals surface area contributed by atoms with E-state index in [4.69, 9.17) is 0 Å². The summed E-state index contributed by atoms with van der Waals surface area (Å²) >= 11 is 0. The molecule has 0 aliphatic heterocycles. The number of carbonyl (C=O) groups excluding carboxylic acids is 2. The van der Waals surface area contributed by atoms with Crippen LogP contribution >= 0.6 is 0 Å². The van der Waals surface area contributed by atoms with Gasteiger partial charge in [0.15, 0.2) is 0 Å². The highest BCUT2D eigenvalue weighted by atomic mass is 19.1. The Morgan fingerprint density at radius 3 is 2.41 bits per heavy atom. The van der Waals surface area contributed by atoms with Gasteiger partial charge in [-0.2, -0.15) is 5.10 Å². The van der Waals surface area contributed by atoms with Crippen LogP contribution in [0.5, 0.6) is 0 Å². The van der Waals surface area contributed by atoms with E-state index in [1.54, 1.807) is 13.1 Å². The molecule has 0 saturated carbocycles. The van der Waals surface area contributed by atoms with Gasteiger partial charge in [-0.25, -0.2) is 9.07 Å². The van der Waals surface area contributed by atoms with Gasteiger partial charge in [-0.15, -0.1) is 0 Å². The summed E-state index contributed by atoms with van der Waals surface area (Å²) in [4.78, 5) is 26.1. The van der Waals surface area contributed by atoms with Crippen LogP contribution in [0.2, 0.25) is 0 Å². The minimum Gasteiger partial charge on any atom is -0.343 e. The fourth-order valence-corrected chi connectivity index (χ4v) is 3.08. The maximum Gasteiger partial charge on any atom is 0.254 e. The Bertz CT molecular complexity index is 1030. The number of nitrogens with zero attached hydrogens (tertiary/aromatic N) is 3. The largest absolute Gasteiger partial charge is 0.343 e. The van der Waals surface area contributed by atoms with Crippen LogP contribution in [0.15, 0.2) is 54.6 Å². The fourth-order valence-electron chi connectivity index (χ4n) is 3.08. The Morgan fingerprint density at radius 2 is 1.72 bits per heavy atom. The van der Waals surface area contributed by atoms with Gasteiger partial charge in [0.25, 0.3) is 5.91 Å². The molecule has 0 atom stereocenters. The Kier molecular flexibility index (Phi) is 6.07. The van der Waals surface area contributed by atoms with Gasteiger partial charge < -0.3 is 10.2 Å². The summed E-state index contributed by atoms with van der Waals surface area (Å²) in [6.45, 7) is 4.01. The first-order valence-electron chi connectivity index (χ1n) is 9.25. The second kappa shape index (κ2) is 8.68. The third kappa shape index (κ3) is 4.51. The Morgan fingerprint density at radius 1 is 1.07 bits per heavy atom. The third-order valence-corrected chi connectivity index (χ3v) is 4.78. The molecule has 0 aliphatic carbocycles. The number of carbonyl (C=O) groups is 2. The first kappa shape index (κ1) is 20.3. The summed E-state index contributed by atoms with van der Waals surface area (Å²) in [6.07, 6.45) is 0. The van der Waals surface area contributed by atoms with Crippen molar-refractivity contribution < 1.29 is 14.0 Å². The summed E-state index contributed by atoms with van der Waals surface area (Å²) in [5.74, 6) is -1.51. The first-order chi connectivity index (χ1) is 13.9. The second-order valence-corrected chi connectivity index (χ2v) is 6.81. The molecule has 3 aromatic rings. The van der Waals surface area contributed by atoms with Crippen LogP contribution in [0.3, 0.4) is 0 Å². The smallest absolute Gasteiger partial charge is 0.254 e. The van der Waals surface area contributed by atoms with Crippen LogP contribution in [-0.2, 0) is 11.3 Å². The SMILES string of the molecule is Cc1nn(-c2ccccc2)c(C)c1CN(C)C(=O)CNC(=O)c1ccccc1F. The maximum atomic E-state index is 13.7. The van der Waals surface area contributed by atoms with E-state index in [1.807, 2.05) is 48.9 Å². The predicted octanol–water partition coefficient (Wildman–Crippen LogP) is 3.02. The van der Waals surface area contributed by atoms with E-state index >= 15 is 0 Å². The summed E-state index contributed by atoms with van der Waals surface area (Å²) in [6, 6.07) is 15.4. The van der Waals surface area contributed by atoms with Crippen LogP contribution in [0, 0.1) is 19.7 Å². The van der Waals surface area contributed by atoms with E-state index in [2.05, 4.69) is 10.4 Å². The van der Waals surface area contributed by atoms with Crippen LogP contribution in [0.1, 0.15) is 27.3 Å². The zero-order chi connectivity index (χ0) is 21.0. The van der Waals surface area contributed by atoms with Gasteiger partial charge in [0.1, 0.15) is 5.82 Å². The molecule has 1 N–H and O–H groups in total. The van der Waals surface area contributed by atoms with Crippen molar-refractivity contribution in [1.82, 2.24) is 20.0 Å². The van der Waals surface area contributed by atoms with Gasteiger partial charge in [-0.05, 0) is 38.1 Å². The quantitative estimate of drug-likeness (QED) is 0.699. The van der Waals surface area contributed by atoms with E-state index in [0.29, 0.717) is 6.54 Å². The molecule has 0 radical (unpaired) electrons. The summed E-state index contributed by atoms with van der Waals surface area (Å²) in [7, 11) is 1.66. The Hall–Kier alpha value is -3.48. The van der Waals surface area contributed by atoms with Crippen molar-refractivity contribution in [3.05, 3.63) is 82.9 Å². The zero-order valence-electron chi connectivity index (χ0n) is 16.6. The van der Waals surface area contributed by atoms with Crippen LogP contribution in [0.25, 0.3) is 5.69 Å². The summed E-state index contributed by atoms with van der Waals surface area (Å²) in [5, 5.41) is 7.06. The highest BCUT2D eigenvalue weighted by Crippen LogP contribution is 2.19. The number of aromatic nitrogens is 2. The lowest BCUT2D eigenvalue weighted by Gasteiger charge is -2.18. The molecular weight excluding hydrogens is 371 g/mol. The maximum absolute atomic E-state index is 13.7.